The van der Waals surface area contributed by atoms with Gasteiger partial charge >= 0.3 is 0 Å². The van der Waals surface area contributed by atoms with Crippen LogP contribution in [0.4, 0.5) is 0 Å². The summed E-state index contributed by atoms with van der Waals surface area (Å²) in [6.07, 6.45) is 65.1. The van der Waals surface area contributed by atoms with E-state index in [0.29, 0.717) is 12.8 Å². The van der Waals surface area contributed by atoms with Crippen molar-refractivity contribution in [2.45, 2.75) is 198 Å². The number of rotatable bonds is 40. The zero-order chi connectivity index (χ0) is 48.7. The third-order valence-corrected chi connectivity index (χ3v) is 11.0. The van der Waals surface area contributed by atoms with Crippen LogP contribution in [0, 0.1) is 0 Å². The molecule has 1 fully saturated rings. The van der Waals surface area contributed by atoms with Gasteiger partial charge in [0.15, 0.2) is 6.29 Å². The zero-order valence-corrected chi connectivity index (χ0v) is 41.3. The molecule has 1 aliphatic heterocycles. The molecule has 1 rings (SSSR count). The number of nitrogens with one attached hydrogen (secondary N) is 1. The number of aliphatic hydroxyl groups is 5. The molecule has 0 saturated carbocycles. The van der Waals surface area contributed by atoms with Crippen molar-refractivity contribution in [3.8, 4) is 0 Å². The van der Waals surface area contributed by atoms with E-state index < -0.39 is 49.5 Å². The molecule has 0 aliphatic carbocycles. The molecule has 67 heavy (non-hydrogen) atoms. The minimum Gasteiger partial charge on any atom is -0.394 e. The minimum atomic E-state index is -1.58. The maximum atomic E-state index is 12.9. The van der Waals surface area contributed by atoms with Crippen molar-refractivity contribution < 1.29 is 39.8 Å². The quantitative estimate of drug-likeness (QED) is 0.0263. The largest absolute Gasteiger partial charge is 0.394 e. The van der Waals surface area contributed by atoms with Crippen LogP contribution in [0.15, 0.2) is 146 Å². The molecule has 0 radical (unpaired) electrons. The Hall–Kier alpha value is -3.93. The van der Waals surface area contributed by atoms with Gasteiger partial charge in [-0.3, -0.25) is 4.79 Å². The van der Waals surface area contributed by atoms with Crippen LogP contribution in [-0.2, 0) is 14.3 Å². The molecule has 1 heterocycles. The Morgan fingerprint density at radius 3 is 1.43 bits per heavy atom. The van der Waals surface area contributed by atoms with Crippen LogP contribution >= 0.6 is 0 Å². The third kappa shape index (κ3) is 35.8. The van der Waals surface area contributed by atoms with Crippen molar-refractivity contribution in [3.63, 3.8) is 0 Å². The molecule has 1 aliphatic rings. The van der Waals surface area contributed by atoms with Gasteiger partial charge in [0, 0.05) is 6.42 Å². The SMILES string of the molecule is C/C=C/CC/C=C/CC/C=C/C(O)C(COC1OC(CO)C(O)C(O)C1O)NC(=O)CCCCCCCCC/C=C\C/C=C\C/C=C\C/C=C\C/C=C\C/C=C\C/C=C\C/C=C\C/C=C\CC. The minimum absolute atomic E-state index is 0.214. The fourth-order valence-electron chi connectivity index (χ4n) is 6.95. The lowest BCUT2D eigenvalue weighted by atomic mass is 9.99. The number of carbonyl (C=O) groups is 1. The molecule has 376 valence electrons. The van der Waals surface area contributed by atoms with Gasteiger partial charge in [0.1, 0.15) is 24.4 Å². The standard InChI is InChI=1S/C58H91NO8/c1-3-5-7-9-11-13-14-15-16-17-18-19-20-21-22-23-24-25-26-27-28-29-30-31-32-33-34-35-36-37-38-40-42-44-46-48-54(62)59-51(52(61)47-45-43-41-39-12-10-8-6-4-2)50-66-58-57(65)56(64)55(63)53(49-60)67-58/h4-7,11-13,15-16,18-19,21-22,24-25,27-28,30-31,33-34,39,45,47,51-53,55-58,60-61,63-65H,3,8-10,14,17,20,23,26,29,32,35-38,40-44,46,48-50H2,1-2H3,(H,59,62)/b6-4+,7-5-,13-11-,16-15-,19-18-,22-21-,25-24-,28-27-,31-30-,34-33-,39-12+,47-45+. The first-order valence-corrected chi connectivity index (χ1v) is 25.5. The van der Waals surface area contributed by atoms with Crippen molar-refractivity contribution in [2.75, 3.05) is 13.2 Å². The number of ether oxygens (including phenoxy) is 2. The summed E-state index contributed by atoms with van der Waals surface area (Å²) >= 11 is 0. The van der Waals surface area contributed by atoms with Crippen LogP contribution < -0.4 is 5.32 Å². The highest BCUT2D eigenvalue weighted by Crippen LogP contribution is 2.22. The lowest BCUT2D eigenvalue weighted by Crippen LogP contribution is -2.60. The van der Waals surface area contributed by atoms with Gasteiger partial charge in [0.25, 0.3) is 0 Å². The van der Waals surface area contributed by atoms with Crippen LogP contribution in [0.1, 0.15) is 155 Å². The molecule has 6 N–H and O–H groups in total. The van der Waals surface area contributed by atoms with Gasteiger partial charge < -0.3 is 40.3 Å². The third-order valence-electron chi connectivity index (χ3n) is 11.0. The first kappa shape index (κ1) is 61.1. The Bertz CT molecular complexity index is 1550. The highest BCUT2D eigenvalue weighted by molar-refractivity contribution is 5.76. The zero-order valence-electron chi connectivity index (χ0n) is 41.3. The molecule has 0 aromatic heterocycles. The van der Waals surface area contributed by atoms with E-state index >= 15 is 0 Å². The number of hydrogen-bond donors (Lipinski definition) is 6. The summed E-state index contributed by atoms with van der Waals surface area (Å²) in [5, 5.41) is 54.0. The highest BCUT2D eigenvalue weighted by atomic mass is 16.7. The van der Waals surface area contributed by atoms with Crippen LogP contribution in [0.3, 0.4) is 0 Å². The normalized spacial score (nSPS) is 21.0. The number of hydrogen-bond acceptors (Lipinski definition) is 8. The first-order chi connectivity index (χ1) is 32.8. The van der Waals surface area contributed by atoms with Crippen molar-refractivity contribution in [2.24, 2.45) is 0 Å². The molecule has 7 atom stereocenters. The molecular formula is C58H91NO8. The van der Waals surface area contributed by atoms with Gasteiger partial charge in [-0.15, -0.1) is 0 Å². The molecule has 0 aromatic carbocycles. The molecule has 0 aromatic rings. The summed E-state index contributed by atoms with van der Waals surface area (Å²) in [6.45, 7) is 3.36. The fraction of sp³-hybridized carbons (Fsp3) is 0.569. The highest BCUT2D eigenvalue weighted by Gasteiger charge is 2.44. The van der Waals surface area contributed by atoms with Crippen molar-refractivity contribution in [1.82, 2.24) is 5.32 Å². The van der Waals surface area contributed by atoms with E-state index in [1.807, 2.05) is 19.1 Å². The average Bonchev–Trinajstić information content (AvgIpc) is 3.33. The molecule has 1 amide bonds. The van der Waals surface area contributed by atoms with E-state index in [1.165, 1.54) is 19.3 Å². The van der Waals surface area contributed by atoms with Crippen molar-refractivity contribution in [3.05, 3.63) is 146 Å². The number of amides is 1. The summed E-state index contributed by atoms with van der Waals surface area (Å²) < 4.78 is 11.2. The van der Waals surface area contributed by atoms with E-state index in [2.05, 4.69) is 140 Å². The fourth-order valence-corrected chi connectivity index (χ4v) is 6.95. The van der Waals surface area contributed by atoms with Gasteiger partial charge in [-0.1, -0.05) is 185 Å². The van der Waals surface area contributed by atoms with Gasteiger partial charge in [0.05, 0.1) is 25.4 Å². The molecule has 7 unspecified atom stereocenters. The van der Waals surface area contributed by atoms with E-state index in [0.717, 1.165) is 109 Å². The summed E-state index contributed by atoms with van der Waals surface area (Å²) in [6, 6.07) is -0.843. The Morgan fingerprint density at radius 1 is 0.537 bits per heavy atom. The molecule has 9 heteroatoms. The van der Waals surface area contributed by atoms with Crippen LogP contribution in [0.25, 0.3) is 0 Å². The van der Waals surface area contributed by atoms with Crippen LogP contribution in [0.2, 0.25) is 0 Å². The van der Waals surface area contributed by atoms with Gasteiger partial charge in [-0.25, -0.2) is 0 Å². The summed E-state index contributed by atoms with van der Waals surface area (Å²) in [7, 11) is 0. The second-order valence-corrected chi connectivity index (χ2v) is 16.9. The van der Waals surface area contributed by atoms with E-state index in [-0.39, 0.29) is 12.5 Å². The predicted molar refractivity (Wildman–Crippen MR) is 280 cm³/mol. The van der Waals surface area contributed by atoms with E-state index in [4.69, 9.17) is 9.47 Å². The monoisotopic (exact) mass is 930 g/mol. The Kier molecular flexibility index (Phi) is 41.8. The van der Waals surface area contributed by atoms with E-state index in [1.54, 1.807) is 6.08 Å². The van der Waals surface area contributed by atoms with Crippen LogP contribution in [0.5, 0.6) is 0 Å². The summed E-state index contributed by atoms with van der Waals surface area (Å²) in [4.78, 5) is 12.9. The second kappa shape index (κ2) is 45.8. The second-order valence-electron chi connectivity index (χ2n) is 16.9. The van der Waals surface area contributed by atoms with Gasteiger partial charge in [-0.05, 0) is 110 Å². The maximum absolute atomic E-state index is 12.9. The Morgan fingerprint density at radius 2 is 0.955 bits per heavy atom. The van der Waals surface area contributed by atoms with Crippen molar-refractivity contribution >= 4 is 5.91 Å². The number of allylic oxidation sites excluding steroid dienone is 23. The van der Waals surface area contributed by atoms with Crippen LogP contribution in [-0.4, -0.2) is 87.5 Å². The Balaban J connectivity index is 2.19. The number of unbranched alkanes of at least 4 members (excludes halogenated alkanes) is 9. The maximum Gasteiger partial charge on any atom is 0.220 e. The molecule has 0 spiro atoms. The van der Waals surface area contributed by atoms with E-state index in [9.17, 15) is 30.3 Å². The molecule has 9 nitrogen and oxygen atoms in total. The lowest BCUT2D eigenvalue weighted by Gasteiger charge is -2.40. The van der Waals surface area contributed by atoms with Crippen molar-refractivity contribution in [1.29, 1.82) is 0 Å². The molecule has 0 bridgehead atoms. The summed E-state index contributed by atoms with van der Waals surface area (Å²) in [5.74, 6) is -0.214. The lowest BCUT2D eigenvalue weighted by molar-refractivity contribution is -0.302. The van der Waals surface area contributed by atoms with Gasteiger partial charge in [-0.2, -0.15) is 0 Å². The summed E-state index contributed by atoms with van der Waals surface area (Å²) in [5.41, 5.74) is 0. The molecular weight excluding hydrogens is 839 g/mol. The Labute approximate surface area is 406 Å². The number of aliphatic hydroxyl groups excluding tert-OH is 5. The predicted octanol–water partition coefficient (Wildman–Crippen LogP) is 11.9. The topological polar surface area (TPSA) is 149 Å². The number of carbonyl (C=O) groups excluding carboxylic acids is 1. The average molecular weight is 930 g/mol. The molecule has 1 saturated heterocycles. The first-order valence-electron chi connectivity index (χ1n) is 25.5. The van der Waals surface area contributed by atoms with Gasteiger partial charge in [0.2, 0.25) is 5.91 Å². The smallest absolute Gasteiger partial charge is 0.220 e.